The summed E-state index contributed by atoms with van der Waals surface area (Å²) >= 11 is 34.2. The molecule has 74 valence electrons. The normalized spacial score (nSPS) is 29.1. The molecule has 1 atom stereocenters. The first-order valence-corrected chi connectivity index (χ1v) is 5.31. The third kappa shape index (κ3) is 2.53. The predicted octanol–water partition coefficient (Wildman–Crippen LogP) is 4.10. The number of hydrogen-bond acceptors (Lipinski definition) is 1. The van der Waals surface area contributed by atoms with Crippen molar-refractivity contribution in [3.8, 4) is 0 Å². The summed E-state index contributed by atoms with van der Waals surface area (Å²) in [4.78, 5) is -1.37. The van der Waals surface area contributed by atoms with E-state index in [9.17, 15) is 0 Å². The van der Waals surface area contributed by atoms with Gasteiger partial charge in [-0.25, -0.2) is 0 Å². The Labute approximate surface area is 106 Å². The van der Waals surface area contributed by atoms with E-state index in [0.717, 1.165) is 0 Å². The van der Waals surface area contributed by atoms with Crippen LogP contribution in [0.3, 0.4) is 0 Å². The summed E-state index contributed by atoms with van der Waals surface area (Å²) in [5.74, 6) is 0. The van der Waals surface area contributed by atoms with Crippen LogP contribution in [-0.2, 0) is 0 Å². The molecule has 1 unspecified atom stereocenters. The van der Waals surface area contributed by atoms with E-state index in [1.165, 1.54) is 12.3 Å². The Bertz CT molecular complexity index is 277. The molecular weight excluding hydrogens is 299 g/mol. The van der Waals surface area contributed by atoms with Crippen molar-refractivity contribution in [2.24, 2.45) is 0 Å². The van der Waals surface area contributed by atoms with Crippen LogP contribution >= 0.6 is 69.6 Å². The molecule has 0 saturated heterocycles. The highest BCUT2D eigenvalue weighted by Gasteiger charge is 2.46. The molecule has 0 spiro atoms. The minimum atomic E-state index is -1.72. The number of hydrogen-bond donors (Lipinski definition) is 1. The predicted molar refractivity (Wildman–Crippen MR) is 59.9 cm³/mol. The van der Waals surface area contributed by atoms with E-state index in [0.29, 0.717) is 5.03 Å². The monoisotopic (exact) mass is 299 g/mol. The summed E-state index contributed by atoms with van der Waals surface area (Å²) in [6.45, 7) is 0. The Morgan fingerprint density at radius 2 is 1.69 bits per heavy atom. The largest absolute Gasteiger partial charge is 0.365 e. The van der Waals surface area contributed by atoms with Gasteiger partial charge in [0.05, 0.1) is 10.1 Å². The number of halogens is 6. The molecule has 0 aromatic carbocycles. The van der Waals surface area contributed by atoms with Crippen LogP contribution in [0, 0.1) is 0 Å². The van der Waals surface area contributed by atoms with Crippen LogP contribution in [0.25, 0.3) is 0 Å². The fourth-order valence-electron chi connectivity index (χ4n) is 0.686. The van der Waals surface area contributed by atoms with E-state index in [-0.39, 0.29) is 5.03 Å². The van der Waals surface area contributed by atoms with Crippen molar-refractivity contribution in [3.63, 3.8) is 0 Å². The highest BCUT2D eigenvalue weighted by Crippen LogP contribution is 2.45. The van der Waals surface area contributed by atoms with Gasteiger partial charge in [0.15, 0.2) is 5.00 Å². The van der Waals surface area contributed by atoms with Gasteiger partial charge in [-0.3, -0.25) is 0 Å². The Balaban J connectivity index is 3.01. The molecule has 0 amide bonds. The highest BCUT2D eigenvalue weighted by atomic mass is 35.6. The first-order valence-electron chi connectivity index (χ1n) is 3.04. The SMILES string of the molecule is ClC1=CNC(Cl)(C(Cl)(Cl)Cl)C=C1Cl. The second-order valence-corrected chi connectivity index (χ2v) is 6.03. The molecule has 13 heavy (non-hydrogen) atoms. The first kappa shape index (κ1) is 12.1. The van der Waals surface area contributed by atoms with Crippen LogP contribution in [0.5, 0.6) is 0 Å². The number of alkyl halides is 4. The molecule has 0 bridgehead atoms. The molecule has 7 heteroatoms. The van der Waals surface area contributed by atoms with Gasteiger partial charge in [0.2, 0.25) is 3.79 Å². The zero-order valence-corrected chi connectivity index (χ0v) is 10.5. The van der Waals surface area contributed by atoms with E-state index in [4.69, 9.17) is 69.6 Å². The van der Waals surface area contributed by atoms with E-state index < -0.39 is 8.79 Å². The van der Waals surface area contributed by atoms with E-state index in [1.807, 2.05) is 0 Å². The molecule has 0 aromatic heterocycles. The van der Waals surface area contributed by atoms with Crippen LogP contribution in [0.15, 0.2) is 22.3 Å². The summed E-state index contributed by atoms with van der Waals surface area (Å²) in [6, 6.07) is 0. The maximum Gasteiger partial charge on any atom is 0.230 e. The second-order valence-electron chi connectivity index (χ2n) is 2.34. The van der Waals surface area contributed by atoms with Crippen LogP contribution in [-0.4, -0.2) is 8.79 Å². The van der Waals surface area contributed by atoms with Crippen molar-refractivity contribution >= 4 is 69.6 Å². The van der Waals surface area contributed by atoms with Gasteiger partial charge in [0, 0.05) is 6.20 Å². The van der Waals surface area contributed by atoms with Gasteiger partial charge in [-0.15, -0.1) is 0 Å². The van der Waals surface area contributed by atoms with Crippen molar-refractivity contribution < 1.29 is 0 Å². The van der Waals surface area contributed by atoms with E-state index in [1.54, 1.807) is 0 Å². The molecule has 1 N–H and O–H groups in total. The molecule has 1 rings (SSSR count). The molecule has 1 aliphatic heterocycles. The fraction of sp³-hybridized carbons (Fsp3) is 0.333. The molecule has 0 radical (unpaired) electrons. The van der Waals surface area contributed by atoms with Gasteiger partial charge in [-0.2, -0.15) is 0 Å². The van der Waals surface area contributed by atoms with Crippen molar-refractivity contribution in [1.82, 2.24) is 5.32 Å². The van der Waals surface area contributed by atoms with Crippen LogP contribution in [0.1, 0.15) is 0 Å². The van der Waals surface area contributed by atoms with Gasteiger partial charge >= 0.3 is 0 Å². The lowest BCUT2D eigenvalue weighted by Gasteiger charge is -2.33. The highest BCUT2D eigenvalue weighted by molar-refractivity contribution is 6.71. The van der Waals surface area contributed by atoms with Crippen molar-refractivity contribution in [2.75, 3.05) is 0 Å². The maximum atomic E-state index is 5.94. The zero-order chi connectivity index (χ0) is 10.3. The second kappa shape index (κ2) is 3.88. The average Bonchev–Trinajstić information content (AvgIpc) is 1.95. The van der Waals surface area contributed by atoms with Crippen LogP contribution < -0.4 is 5.32 Å². The number of dihydropyridines is 1. The minimum Gasteiger partial charge on any atom is -0.365 e. The standard InChI is InChI=1S/C6H3Cl6N/c7-3-1-5(9,6(10,11)12)13-2-4(3)8/h1-2,13H. The van der Waals surface area contributed by atoms with Crippen LogP contribution in [0.4, 0.5) is 0 Å². The molecule has 0 fully saturated rings. The Hall–Kier alpha value is 1.02. The Morgan fingerprint density at radius 1 is 1.15 bits per heavy atom. The summed E-state index contributed by atoms with van der Waals surface area (Å²) < 4.78 is -1.72. The first-order chi connectivity index (χ1) is 5.76. The number of nitrogens with one attached hydrogen (secondary N) is 1. The molecule has 0 aromatic rings. The third-order valence-electron chi connectivity index (χ3n) is 1.38. The molecule has 0 saturated carbocycles. The van der Waals surface area contributed by atoms with Crippen molar-refractivity contribution in [1.29, 1.82) is 0 Å². The third-order valence-corrected chi connectivity index (χ3v) is 3.78. The van der Waals surface area contributed by atoms with Gasteiger partial charge < -0.3 is 5.32 Å². The number of allylic oxidation sites excluding steroid dienone is 2. The van der Waals surface area contributed by atoms with Crippen LogP contribution in [0.2, 0.25) is 0 Å². The summed E-state index contributed by atoms with van der Waals surface area (Å²) in [7, 11) is 0. The average molecular weight is 302 g/mol. The quantitative estimate of drug-likeness (QED) is 0.525. The molecular formula is C6H3Cl6N. The van der Waals surface area contributed by atoms with Gasteiger partial charge in [0.25, 0.3) is 0 Å². The topological polar surface area (TPSA) is 12.0 Å². The Kier molecular flexibility index (Phi) is 3.61. The zero-order valence-electron chi connectivity index (χ0n) is 5.92. The van der Waals surface area contributed by atoms with E-state index >= 15 is 0 Å². The molecule has 1 heterocycles. The van der Waals surface area contributed by atoms with Gasteiger partial charge in [0.1, 0.15) is 0 Å². The van der Waals surface area contributed by atoms with Crippen molar-refractivity contribution in [3.05, 3.63) is 22.3 Å². The lowest BCUT2D eigenvalue weighted by molar-refractivity contribution is 0.633. The summed E-state index contributed by atoms with van der Waals surface area (Å²) in [5.41, 5.74) is 0. The minimum absolute atomic E-state index is 0.238. The lowest BCUT2D eigenvalue weighted by Crippen LogP contribution is -2.47. The molecule has 1 aliphatic rings. The smallest absolute Gasteiger partial charge is 0.230 e. The lowest BCUT2D eigenvalue weighted by atomic mass is 10.2. The van der Waals surface area contributed by atoms with Crippen molar-refractivity contribution in [2.45, 2.75) is 8.79 Å². The molecule has 0 aliphatic carbocycles. The van der Waals surface area contributed by atoms with Gasteiger partial charge in [-0.05, 0) is 6.08 Å². The maximum absolute atomic E-state index is 5.94. The van der Waals surface area contributed by atoms with Gasteiger partial charge in [-0.1, -0.05) is 69.6 Å². The summed E-state index contributed by atoms with van der Waals surface area (Å²) in [6.07, 6.45) is 2.71. The Morgan fingerprint density at radius 3 is 2.08 bits per heavy atom. The fourth-order valence-corrected chi connectivity index (χ4v) is 1.56. The number of rotatable bonds is 0. The van der Waals surface area contributed by atoms with E-state index in [2.05, 4.69) is 5.32 Å². The molecule has 1 nitrogen and oxygen atoms in total. The summed E-state index contributed by atoms with van der Waals surface area (Å²) in [5, 5.41) is 3.18.